The lowest BCUT2D eigenvalue weighted by molar-refractivity contribution is 0.0399. The van der Waals surface area contributed by atoms with Gasteiger partial charge in [-0.2, -0.15) is 4.98 Å². The quantitative estimate of drug-likeness (QED) is 0.140. The van der Waals surface area contributed by atoms with E-state index in [4.69, 9.17) is 35.3 Å². The molecule has 12 nitrogen and oxygen atoms in total. The zero-order valence-electron chi connectivity index (χ0n) is 24.4. The lowest BCUT2D eigenvalue weighted by Crippen LogP contribution is -2.17. The Balaban J connectivity index is 1.53. The number of nitrogens with zero attached hydrogens (tertiary/aromatic N) is 3. The molecule has 44 heavy (non-hydrogen) atoms. The van der Waals surface area contributed by atoms with Crippen molar-refractivity contribution in [3.05, 3.63) is 89.5 Å². The van der Waals surface area contributed by atoms with E-state index in [0.717, 1.165) is 11.9 Å². The number of hydrogen-bond donors (Lipinski definition) is 1. The van der Waals surface area contributed by atoms with Crippen molar-refractivity contribution in [3.63, 3.8) is 0 Å². The molecule has 0 aliphatic heterocycles. The summed E-state index contributed by atoms with van der Waals surface area (Å²) in [5.41, 5.74) is 1.36. The number of aromatic nitrogens is 3. The lowest BCUT2D eigenvalue weighted by Gasteiger charge is -2.19. The monoisotopic (exact) mass is 642 g/mol. The highest BCUT2D eigenvalue weighted by Crippen LogP contribution is 2.40. The van der Waals surface area contributed by atoms with Crippen LogP contribution in [0.25, 0.3) is 0 Å². The first-order chi connectivity index (χ1) is 21.0. The summed E-state index contributed by atoms with van der Waals surface area (Å²) in [5.74, 6) is 0.00209. The molecule has 0 amide bonds. The van der Waals surface area contributed by atoms with Gasteiger partial charge in [0.2, 0.25) is 5.75 Å². The van der Waals surface area contributed by atoms with Crippen LogP contribution in [0, 0.1) is 0 Å². The Morgan fingerprint density at radius 3 is 2.41 bits per heavy atom. The van der Waals surface area contributed by atoms with E-state index in [-0.39, 0.29) is 58.4 Å². The van der Waals surface area contributed by atoms with E-state index in [1.807, 2.05) is 20.8 Å². The minimum Gasteiger partial charge on any atom is -0.497 e. The van der Waals surface area contributed by atoms with Crippen molar-refractivity contribution in [2.45, 2.75) is 37.7 Å². The second-order valence-electron chi connectivity index (χ2n) is 10.2. The maximum absolute atomic E-state index is 13.4. The number of rotatable bonds is 12. The first-order valence-electron chi connectivity index (χ1n) is 13.3. The van der Waals surface area contributed by atoms with Gasteiger partial charge in [0.1, 0.15) is 37.6 Å². The van der Waals surface area contributed by atoms with Crippen LogP contribution in [-0.2, 0) is 31.5 Å². The van der Waals surface area contributed by atoms with Crippen LogP contribution in [0.5, 0.6) is 23.1 Å². The fraction of sp³-hybridized carbons (Fsp3) is 0.267. The Bertz CT molecular complexity index is 1680. The molecule has 0 fully saturated rings. The molecule has 0 saturated heterocycles. The van der Waals surface area contributed by atoms with Crippen molar-refractivity contribution in [1.29, 1.82) is 0 Å². The third-order valence-electron chi connectivity index (χ3n) is 5.99. The molecule has 0 bridgehead atoms. The number of carbonyl (C=O) groups excluding carboxylic acids is 1. The molecule has 0 spiro atoms. The van der Waals surface area contributed by atoms with Crippen LogP contribution >= 0.6 is 11.6 Å². The van der Waals surface area contributed by atoms with Crippen LogP contribution < -0.4 is 18.9 Å². The summed E-state index contributed by atoms with van der Waals surface area (Å²) in [6.07, 6.45) is 1.75. The van der Waals surface area contributed by atoms with Gasteiger partial charge in [0.25, 0.3) is 15.9 Å². The minimum absolute atomic E-state index is 0.00885. The standard InChI is InChI=1S/C30H31ClN4O8S/c1-30(2,3)20-8-11-23(12-9-20)44(37,38)35-27-26(43-25-17-22(39-4)10-13-24(25)31)28(34-19-33-27)40-15-16-41-29(36)42-18-21-7-5-6-14-32-21/h5-14,17,19H,15-16,18H2,1-4H3,(H,33,34,35). The third kappa shape index (κ3) is 8.71. The highest BCUT2D eigenvalue weighted by Gasteiger charge is 2.24. The summed E-state index contributed by atoms with van der Waals surface area (Å²) in [7, 11) is -2.65. The number of methoxy groups -OCH3 is 1. The molecule has 2 aromatic heterocycles. The number of pyridine rings is 1. The SMILES string of the molecule is COc1ccc(Cl)c(Oc2c(NS(=O)(=O)c3ccc(C(C)(C)C)cc3)ncnc2OCCOC(=O)OCc2ccccn2)c1. The van der Waals surface area contributed by atoms with Gasteiger partial charge in [-0.3, -0.25) is 9.71 Å². The summed E-state index contributed by atoms with van der Waals surface area (Å²) in [4.78, 5) is 24.2. The van der Waals surface area contributed by atoms with Gasteiger partial charge in [-0.1, -0.05) is 50.6 Å². The van der Waals surface area contributed by atoms with Crippen LogP contribution in [0.3, 0.4) is 0 Å². The van der Waals surface area contributed by atoms with Gasteiger partial charge in [0.15, 0.2) is 5.82 Å². The number of sulfonamides is 1. The van der Waals surface area contributed by atoms with Crippen LogP contribution in [0.15, 0.2) is 78.1 Å². The van der Waals surface area contributed by atoms with Gasteiger partial charge in [-0.25, -0.2) is 18.2 Å². The average Bonchev–Trinajstić information content (AvgIpc) is 3.00. The van der Waals surface area contributed by atoms with Gasteiger partial charge >= 0.3 is 6.16 Å². The van der Waals surface area contributed by atoms with Crippen LogP contribution in [0.2, 0.25) is 5.02 Å². The number of nitrogens with one attached hydrogen (secondary N) is 1. The largest absolute Gasteiger partial charge is 0.508 e. The van der Waals surface area contributed by atoms with Crippen LogP contribution in [-0.4, -0.2) is 49.8 Å². The summed E-state index contributed by atoms with van der Waals surface area (Å²) >= 11 is 6.35. The van der Waals surface area contributed by atoms with Crippen molar-refractivity contribution < 1.29 is 36.9 Å². The molecule has 232 valence electrons. The topological polar surface area (TPSA) is 148 Å². The van der Waals surface area contributed by atoms with Crippen LogP contribution in [0.1, 0.15) is 32.0 Å². The Labute approximate surface area is 260 Å². The van der Waals surface area contributed by atoms with E-state index in [1.54, 1.807) is 48.7 Å². The fourth-order valence-corrected chi connectivity index (χ4v) is 4.83. The summed E-state index contributed by atoms with van der Waals surface area (Å²) in [6.45, 7) is 5.63. The van der Waals surface area contributed by atoms with Crippen molar-refractivity contribution in [1.82, 2.24) is 15.0 Å². The van der Waals surface area contributed by atoms with E-state index < -0.39 is 16.2 Å². The van der Waals surface area contributed by atoms with Crippen LogP contribution in [0.4, 0.5) is 10.6 Å². The normalized spacial score (nSPS) is 11.4. The van der Waals surface area contributed by atoms with E-state index >= 15 is 0 Å². The molecule has 1 N–H and O–H groups in total. The van der Waals surface area contributed by atoms with E-state index in [0.29, 0.717) is 11.4 Å². The number of benzene rings is 2. The predicted molar refractivity (Wildman–Crippen MR) is 162 cm³/mol. The highest BCUT2D eigenvalue weighted by molar-refractivity contribution is 7.92. The molecule has 14 heteroatoms. The van der Waals surface area contributed by atoms with Gasteiger partial charge in [0, 0.05) is 12.3 Å². The summed E-state index contributed by atoms with van der Waals surface area (Å²) in [6, 6.07) is 16.4. The molecule has 0 aliphatic carbocycles. The molecular formula is C30H31ClN4O8S. The van der Waals surface area contributed by atoms with Crippen molar-refractivity contribution in [2.24, 2.45) is 0 Å². The zero-order chi connectivity index (χ0) is 31.7. The van der Waals surface area contributed by atoms with E-state index in [1.165, 1.54) is 25.3 Å². The molecule has 2 heterocycles. The second kappa shape index (κ2) is 14.2. The molecule has 0 atom stereocenters. The predicted octanol–water partition coefficient (Wildman–Crippen LogP) is 6.16. The summed E-state index contributed by atoms with van der Waals surface area (Å²) < 4.78 is 56.2. The van der Waals surface area contributed by atoms with Crippen molar-refractivity contribution >= 4 is 33.6 Å². The Kier molecular flexibility index (Phi) is 10.4. The molecule has 0 aliphatic rings. The van der Waals surface area contributed by atoms with Crippen molar-refractivity contribution in [2.75, 3.05) is 25.0 Å². The van der Waals surface area contributed by atoms with Gasteiger partial charge in [-0.15, -0.1) is 0 Å². The molecule has 0 unspecified atom stereocenters. The Hall–Kier alpha value is -4.62. The highest BCUT2D eigenvalue weighted by atomic mass is 35.5. The van der Waals surface area contributed by atoms with Gasteiger partial charge < -0.3 is 23.7 Å². The fourth-order valence-electron chi connectivity index (χ4n) is 3.67. The smallest absolute Gasteiger partial charge is 0.497 e. The first kappa shape index (κ1) is 32.3. The number of hydrogen-bond acceptors (Lipinski definition) is 11. The maximum Gasteiger partial charge on any atom is 0.508 e. The Morgan fingerprint density at radius 2 is 1.73 bits per heavy atom. The molecule has 4 rings (SSSR count). The summed E-state index contributed by atoms with van der Waals surface area (Å²) in [5, 5.41) is 0.200. The molecule has 0 saturated carbocycles. The third-order valence-corrected chi connectivity index (χ3v) is 7.66. The average molecular weight is 643 g/mol. The number of anilines is 1. The first-order valence-corrected chi connectivity index (χ1v) is 15.1. The molecule has 0 radical (unpaired) electrons. The number of ether oxygens (including phenoxy) is 5. The molecule has 2 aromatic carbocycles. The minimum atomic E-state index is -4.12. The van der Waals surface area contributed by atoms with Gasteiger partial charge in [0.05, 0.1) is 22.7 Å². The zero-order valence-corrected chi connectivity index (χ0v) is 26.0. The van der Waals surface area contributed by atoms with E-state index in [2.05, 4.69) is 19.7 Å². The molecular weight excluding hydrogens is 612 g/mol. The number of carbonyl (C=O) groups is 1. The Morgan fingerprint density at radius 1 is 0.955 bits per heavy atom. The second-order valence-corrected chi connectivity index (χ2v) is 12.3. The van der Waals surface area contributed by atoms with Crippen molar-refractivity contribution in [3.8, 4) is 23.1 Å². The maximum atomic E-state index is 13.4. The van der Waals surface area contributed by atoms with E-state index in [9.17, 15) is 13.2 Å². The lowest BCUT2D eigenvalue weighted by atomic mass is 9.87. The molecule has 4 aromatic rings. The number of halogens is 1. The van der Waals surface area contributed by atoms with Gasteiger partial charge in [-0.05, 0) is 47.4 Å².